The van der Waals surface area contributed by atoms with E-state index < -0.39 is 10.0 Å². The standard InChI is InChI=1S/C20H23N5O2S/c21-20(22)24-12-9-17(13-15-5-2-1-3-6-15)25-28(26,27)19-8-4-7-16-14-23-11-10-18(16)19/h1-8,10-11,14,17,25H,9,12-13H2,(H4,21,22,24). The first-order chi connectivity index (χ1) is 13.5. The molecular formula is C20H23N5O2S. The summed E-state index contributed by atoms with van der Waals surface area (Å²) in [6, 6.07) is 16.2. The number of aliphatic imine (C=N–C) groups is 1. The molecule has 0 spiro atoms. The van der Waals surface area contributed by atoms with Gasteiger partial charge < -0.3 is 11.5 Å². The molecule has 0 amide bonds. The Morgan fingerprint density at radius 2 is 1.86 bits per heavy atom. The zero-order chi connectivity index (χ0) is 20.0. The van der Waals surface area contributed by atoms with Crippen molar-refractivity contribution >= 4 is 26.8 Å². The molecule has 0 fully saturated rings. The SMILES string of the molecule is NC(N)=NCCC(Cc1ccccc1)NS(=O)(=O)c1cccc2cnccc12. The molecule has 0 saturated carbocycles. The first kappa shape index (κ1) is 19.8. The smallest absolute Gasteiger partial charge is 0.241 e. The molecule has 3 aromatic rings. The number of rotatable bonds is 8. The third-order valence-corrected chi connectivity index (χ3v) is 5.93. The molecule has 28 heavy (non-hydrogen) atoms. The Labute approximate surface area is 164 Å². The van der Waals surface area contributed by atoms with E-state index in [2.05, 4.69) is 14.7 Å². The van der Waals surface area contributed by atoms with Gasteiger partial charge in [0.1, 0.15) is 0 Å². The quantitative estimate of drug-likeness (QED) is 0.395. The normalized spacial score (nSPS) is 12.6. The van der Waals surface area contributed by atoms with E-state index in [-0.39, 0.29) is 16.9 Å². The van der Waals surface area contributed by atoms with Gasteiger partial charge in [0.15, 0.2) is 5.96 Å². The lowest BCUT2D eigenvalue weighted by atomic mass is 10.0. The Hall–Kier alpha value is -2.97. The van der Waals surface area contributed by atoms with Crippen molar-refractivity contribution in [2.24, 2.45) is 16.5 Å². The maximum atomic E-state index is 13.1. The van der Waals surface area contributed by atoms with Crippen molar-refractivity contribution in [1.29, 1.82) is 0 Å². The van der Waals surface area contributed by atoms with Gasteiger partial charge in [-0.05, 0) is 30.5 Å². The molecule has 0 radical (unpaired) electrons. The van der Waals surface area contributed by atoms with Crippen LogP contribution in [0.1, 0.15) is 12.0 Å². The van der Waals surface area contributed by atoms with Gasteiger partial charge in [0.25, 0.3) is 0 Å². The van der Waals surface area contributed by atoms with Crippen LogP contribution < -0.4 is 16.2 Å². The predicted molar refractivity (Wildman–Crippen MR) is 111 cm³/mol. The van der Waals surface area contributed by atoms with E-state index in [0.717, 1.165) is 10.9 Å². The maximum Gasteiger partial charge on any atom is 0.241 e. The first-order valence-electron chi connectivity index (χ1n) is 8.90. The van der Waals surface area contributed by atoms with Crippen LogP contribution in [-0.4, -0.2) is 31.9 Å². The number of guanidine groups is 1. The summed E-state index contributed by atoms with van der Waals surface area (Å²) < 4.78 is 29.1. The van der Waals surface area contributed by atoms with Gasteiger partial charge in [-0.1, -0.05) is 42.5 Å². The second kappa shape index (κ2) is 8.81. The van der Waals surface area contributed by atoms with Crippen molar-refractivity contribution in [1.82, 2.24) is 9.71 Å². The van der Waals surface area contributed by atoms with Gasteiger partial charge in [-0.15, -0.1) is 0 Å². The van der Waals surface area contributed by atoms with Gasteiger partial charge in [0.2, 0.25) is 10.0 Å². The van der Waals surface area contributed by atoms with Crippen LogP contribution in [0.15, 0.2) is 76.9 Å². The molecular weight excluding hydrogens is 374 g/mol. The van der Waals surface area contributed by atoms with Gasteiger partial charge in [0, 0.05) is 35.8 Å². The summed E-state index contributed by atoms with van der Waals surface area (Å²) in [7, 11) is -3.75. The highest BCUT2D eigenvalue weighted by atomic mass is 32.2. The summed E-state index contributed by atoms with van der Waals surface area (Å²) in [5.41, 5.74) is 11.8. The summed E-state index contributed by atoms with van der Waals surface area (Å²) in [6.07, 6.45) is 4.24. The summed E-state index contributed by atoms with van der Waals surface area (Å²) in [5, 5.41) is 1.40. The molecule has 1 atom stereocenters. The number of benzene rings is 2. The maximum absolute atomic E-state index is 13.1. The van der Waals surface area contributed by atoms with Crippen LogP contribution in [0.5, 0.6) is 0 Å². The van der Waals surface area contributed by atoms with Crippen molar-refractivity contribution in [2.45, 2.75) is 23.8 Å². The molecule has 0 aliphatic carbocycles. The number of fused-ring (bicyclic) bond motifs is 1. The average molecular weight is 398 g/mol. The lowest BCUT2D eigenvalue weighted by Gasteiger charge is -2.19. The van der Waals surface area contributed by atoms with Crippen molar-refractivity contribution in [3.63, 3.8) is 0 Å². The molecule has 0 aliphatic heterocycles. The van der Waals surface area contributed by atoms with Crippen LogP contribution in [0, 0.1) is 0 Å². The lowest BCUT2D eigenvalue weighted by Crippen LogP contribution is -2.37. The number of pyridine rings is 1. The summed E-state index contributed by atoms with van der Waals surface area (Å²) in [4.78, 5) is 8.27. The van der Waals surface area contributed by atoms with E-state index in [0.29, 0.717) is 24.8 Å². The minimum Gasteiger partial charge on any atom is -0.370 e. The van der Waals surface area contributed by atoms with Crippen molar-refractivity contribution in [3.8, 4) is 0 Å². The van der Waals surface area contributed by atoms with Crippen LogP contribution in [0.25, 0.3) is 10.8 Å². The number of hydrogen-bond acceptors (Lipinski definition) is 4. The number of nitrogens with zero attached hydrogens (tertiary/aromatic N) is 2. The average Bonchev–Trinajstić information content (AvgIpc) is 2.67. The number of sulfonamides is 1. The van der Waals surface area contributed by atoms with Gasteiger partial charge in [-0.3, -0.25) is 9.98 Å². The summed E-state index contributed by atoms with van der Waals surface area (Å²) in [5.74, 6) is -0.0112. The molecule has 0 bridgehead atoms. The van der Waals surface area contributed by atoms with Crippen molar-refractivity contribution < 1.29 is 8.42 Å². The van der Waals surface area contributed by atoms with Gasteiger partial charge in [-0.2, -0.15) is 0 Å². The van der Waals surface area contributed by atoms with E-state index in [1.165, 1.54) is 0 Å². The fraction of sp³-hybridized carbons (Fsp3) is 0.200. The Morgan fingerprint density at radius 3 is 2.61 bits per heavy atom. The van der Waals surface area contributed by atoms with Crippen LogP contribution in [0.4, 0.5) is 0 Å². The van der Waals surface area contributed by atoms with Crippen molar-refractivity contribution in [3.05, 3.63) is 72.6 Å². The second-order valence-corrected chi connectivity index (χ2v) is 8.14. The highest BCUT2D eigenvalue weighted by Gasteiger charge is 2.22. The van der Waals surface area contributed by atoms with Gasteiger partial charge in [0.05, 0.1) is 4.90 Å². The largest absolute Gasteiger partial charge is 0.370 e. The Bertz CT molecular complexity index is 1060. The molecule has 1 unspecified atom stereocenters. The van der Waals surface area contributed by atoms with Crippen LogP contribution >= 0.6 is 0 Å². The molecule has 3 rings (SSSR count). The highest BCUT2D eigenvalue weighted by molar-refractivity contribution is 7.89. The summed E-state index contributed by atoms with van der Waals surface area (Å²) >= 11 is 0. The van der Waals surface area contributed by atoms with E-state index in [4.69, 9.17) is 11.5 Å². The van der Waals surface area contributed by atoms with E-state index in [9.17, 15) is 8.42 Å². The fourth-order valence-electron chi connectivity index (χ4n) is 3.06. The molecule has 5 N–H and O–H groups in total. The molecule has 7 nitrogen and oxygen atoms in total. The predicted octanol–water partition coefficient (Wildman–Crippen LogP) is 1.79. The molecule has 0 saturated heterocycles. The molecule has 1 aromatic heterocycles. The topological polar surface area (TPSA) is 123 Å². The third-order valence-electron chi connectivity index (χ3n) is 4.35. The number of aromatic nitrogens is 1. The molecule has 146 valence electrons. The monoisotopic (exact) mass is 397 g/mol. The minimum atomic E-state index is -3.75. The minimum absolute atomic E-state index is 0.0112. The summed E-state index contributed by atoms with van der Waals surface area (Å²) in [6.45, 7) is 0.335. The molecule has 8 heteroatoms. The van der Waals surface area contributed by atoms with Crippen LogP contribution in [0.3, 0.4) is 0 Å². The van der Waals surface area contributed by atoms with Crippen LogP contribution in [0.2, 0.25) is 0 Å². The molecule has 0 aliphatic rings. The molecule has 1 heterocycles. The zero-order valence-corrected chi connectivity index (χ0v) is 16.1. The zero-order valence-electron chi connectivity index (χ0n) is 15.3. The van der Waals surface area contributed by atoms with Gasteiger partial charge >= 0.3 is 0 Å². The fourth-order valence-corrected chi connectivity index (χ4v) is 4.56. The van der Waals surface area contributed by atoms with Gasteiger partial charge in [-0.25, -0.2) is 13.1 Å². The number of nitrogens with one attached hydrogen (secondary N) is 1. The van der Waals surface area contributed by atoms with E-state index in [1.807, 2.05) is 36.4 Å². The third kappa shape index (κ3) is 5.05. The van der Waals surface area contributed by atoms with E-state index >= 15 is 0 Å². The number of nitrogens with two attached hydrogens (primary N) is 2. The Kier molecular flexibility index (Phi) is 6.23. The Balaban J connectivity index is 1.88. The van der Waals surface area contributed by atoms with Crippen LogP contribution in [-0.2, 0) is 16.4 Å². The first-order valence-corrected chi connectivity index (χ1v) is 10.4. The number of hydrogen-bond donors (Lipinski definition) is 3. The van der Waals surface area contributed by atoms with E-state index in [1.54, 1.807) is 30.6 Å². The van der Waals surface area contributed by atoms with Crippen molar-refractivity contribution in [2.75, 3.05) is 6.54 Å². The lowest BCUT2D eigenvalue weighted by molar-refractivity contribution is 0.529. The molecule has 2 aromatic carbocycles. The Morgan fingerprint density at radius 1 is 1.07 bits per heavy atom. The second-order valence-electron chi connectivity index (χ2n) is 6.46. The highest BCUT2D eigenvalue weighted by Crippen LogP contribution is 2.22.